The first-order valence-corrected chi connectivity index (χ1v) is 10.8. The fourth-order valence-corrected chi connectivity index (χ4v) is 3.33. The molecule has 2 saturated carbocycles. The van der Waals surface area contributed by atoms with Crippen molar-refractivity contribution in [1.82, 2.24) is 0 Å². The van der Waals surface area contributed by atoms with Gasteiger partial charge in [0.05, 0.1) is 0 Å². The third-order valence-corrected chi connectivity index (χ3v) is 4.42. The molecule has 0 aromatic heterocycles. The third kappa shape index (κ3) is 6.12. The molecule has 4 aliphatic carbocycles. The summed E-state index contributed by atoms with van der Waals surface area (Å²) in [5.41, 5.74) is 3.16. The molecule has 0 amide bonds. The Labute approximate surface area is 158 Å². The average molecular weight is 476 g/mol. The molecule has 2 unspecified atom stereocenters. The number of rotatable bonds is 0. The second-order valence-electron chi connectivity index (χ2n) is 6.20. The van der Waals surface area contributed by atoms with Crippen LogP contribution in [0.2, 0.25) is 13.1 Å². The number of hydrogen-bond acceptors (Lipinski definition) is 0. The van der Waals surface area contributed by atoms with Crippen molar-refractivity contribution in [3.8, 4) is 0 Å². The van der Waals surface area contributed by atoms with Gasteiger partial charge in [0, 0.05) is 35.4 Å². The molecule has 2 heteroatoms. The molecule has 2 atom stereocenters. The Kier molecular flexibility index (Phi) is 10.2. The van der Waals surface area contributed by atoms with Gasteiger partial charge in [0.15, 0.2) is 0 Å². The van der Waals surface area contributed by atoms with Crippen LogP contribution in [0.15, 0.2) is 47.6 Å². The fraction of sp³-hybridized carbons (Fsp3) is 0.500. The van der Waals surface area contributed by atoms with E-state index < -0.39 is 0 Å². The topological polar surface area (TPSA) is 0 Å². The molecule has 22 heavy (non-hydrogen) atoms. The summed E-state index contributed by atoms with van der Waals surface area (Å²) in [5, 5.41) is 0. The van der Waals surface area contributed by atoms with E-state index in [0.29, 0.717) is 0 Å². The second kappa shape index (κ2) is 11.3. The van der Waals surface area contributed by atoms with Crippen LogP contribution in [0, 0.1) is 24.7 Å². The van der Waals surface area contributed by atoms with Crippen molar-refractivity contribution in [1.29, 1.82) is 0 Å². The van der Waals surface area contributed by atoms with Gasteiger partial charge < -0.3 is 0 Å². The molecule has 0 heterocycles. The van der Waals surface area contributed by atoms with Gasteiger partial charge in [-0.25, -0.2) is 36.1 Å². The number of fused-ring (bicyclic) bond motifs is 2. The smallest absolute Gasteiger partial charge is 0.0213 e. The van der Waals surface area contributed by atoms with E-state index in [-0.39, 0.29) is 25.8 Å². The first-order valence-electron chi connectivity index (χ1n) is 8.49. The normalized spacial score (nSPS) is 26.3. The predicted molar refractivity (Wildman–Crippen MR) is 96.6 cm³/mol. The van der Waals surface area contributed by atoms with E-state index in [9.17, 15) is 0 Å². The van der Waals surface area contributed by atoms with Gasteiger partial charge in [0.1, 0.15) is 0 Å². The Morgan fingerprint density at radius 2 is 1.27 bits per heavy atom. The quantitative estimate of drug-likeness (QED) is 0.321. The third-order valence-electron chi connectivity index (χ3n) is 4.42. The van der Waals surface area contributed by atoms with E-state index in [1.807, 2.05) is 0 Å². The van der Waals surface area contributed by atoms with Gasteiger partial charge in [-0.15, -0.1) is 37.1 Å². The van der Waals surface area contributed by atoms with Crippen molar-refractivity contribution in [2.75, 3.05) is 0 Å². The van der Waals surface area contributed by atoms with Crippen LogP contribution in [-0.4, -0.2) is 9.52 Å². The monoisotopic (exact) mass is 477 g/mol. The first kappa shape index (κ1) is 19.8. The molecule has 119 valence electrons. The van der Waals surface area contributed by atoms with Gasteiger partial charge in [-0.05, 0) is 24.7 Å². The van der Waals surface area contributed by atoms with E-state index in [1.54, 1.807) is 11.1 Å². The van der Waals surface area contributed by atoms with E-state index >= 15 is 0 Å². The summed E-state index contributed by atoms with van der Waals surface area (Å²) in [5.74, 6) is 1.77. The Morgan fingerprint density at radius 1 is 0.864 bits per heavy atom. The molecular weight excluding hydrogens is 447 g/mol. The molecule has 0 spiro atoms. The number of hydrogen-bond donors (Lipinski definition) is 0. The zero-order valence-corrected chi connectivity index (χ0v) is 18.8. The van der Waals surface area contributed by atoms with Crippen molar-refractivity contribution in [3.63, 3.8) is 0 Å². The summed E-state index contributed by atoms with van der Waals surface area (Å²) in [7, 11) is 0.750. The van der Waals surface area contributed by atoms with E-state index in [4.69, 9.17) is 0 Å². The molecule has 0 N–H and O–H groups in total. The largest absolute Gasteiger partial charge is 0.227 e. The molecule has 0 aromatic rings. The molecular formula is C20H29HfSi-2. The van der Waals surface area contributed by atoms with Crippen LogP contribution in [0.25, 0.3) is 0 Å². The SMILES string of the molecule is C1=CCC2CC[CH-]C2=C1.C1=CCC2CC[CH-]C2=C1.C[SiH]C.[Hf]. The Morgan fingerprint density at radius 3 is 1.64 bits per heavy atom. The van der Waals surface area contributed by atoms with Gasteiger partial charge in [-0.2, -0.15) is 0 Å². The van der Waals surface area contributed by atoms with Crippen molar-refractivity contribution < 1.29 is 25.8 Å². The zero-order chi connectivity index (χ0) is 14.9. The second-order valence-corrected chi connectivity index (χ2v) is 7.35. The summed E-state index contributed by atoms with van der Waals surface area (Å²) >= 11 is 0. The molecule has 1 radical (unpaired) electrons. The summed E-state index contributed by atoms with van der Waals surface area (Å²) in [4.78, 5) is 0. The molecule has 4 aliphatic rings. The van der Waals surface area contributed by atoms with Crippen LogP contribution >= 0.6 is 0 Å². The van der Waals surface area contributed by atoms with Crippen molar-refractivity contribution in [2.24, 2.45) is 11.8 Å². The minimum absolute atomic E-state index is 0. The zero-order valence-electron chi connectivity index (χ0n) is 14.1. The summed E-state index contributed by atoms with van der Waals surface area (Å²) in [6.45, 7) is 4.42. The first-order chi connectivity index (χ1) is 10.3. The van der Waals surface area contributed by atoms with Crippen LogP contribution in [0.3, 0.4) is 0 Å². The van der Waals surface area contributed by atoms with Crippen LogP contribution in [0.4, 0.5) is 0 Å². The molecule has 0 saturated heterocycles. The Balaban J connectivity index is 0.000000181. The Bertz CT molecular complexity index is 391. The van der Waals surface area contributed by atoms with Crippen LogP contribution in [0.5, 0.6) is 0 Å². The molecule has 0 nitrogen and oxygen atoms in total. The maximum atomic E-state index is 2.37. The van der Waals surface area contributed by atoms with Gasteiger partial charge >= 0.3 is 0 Å². The van der Waals surface area contributed by atoms with Crippen LogP contribution in [0.1, 0.15) is 38.5 Å². The fourth-order valence-electron chi connectivity index (χ4n) is 3.33. The van der Waals surface area contributed by atoms with E-state index in [1.165, 1.54) is 38.5 Å². The molecule has 0 bridgehead atoms. The van der Waals surface area contributed by atoms with E-state index in [0.717, 1.165) is 21.4 Å². The van der Waals surface area contributed by atoms with Crippen LogP contribution < -0.4 is 0 Å². The number of allylic oxidation sites excluding steroid dienone is 8. The maximum absolute atomic E-state index is 2.37. The minimum Gasteiger partial charge on any atom is -0.227 e. The van der Waals surface area contributed by atoms with Gasteiger partial charge in [0.2, 0.25) is 0 Å². The van der Waals surface area contributed by atoms with Crippen molar-refractivity contribution in [2.45, 2.75) is 51.6 Å². The molecule has 4 rings (SSSR count). The standard InChI is InChI=1S/2C9H11.C2H7Si.Hf/c2*1-2-5-9-7-3-6-8(9)4-1;1-3-2;/h2*1-2,4,6,9H,3,5,7H2;3H,1-2H3;/q2*-1;;. The summed E-state index contributed by atoms with van der Waals surface area (Å²) in [6.07, 6.45) is 26.1. The average Bonchev–Trinajstić information content (AvgIpc) is 3.17. The van der Waals surface area contributed by atoms with Gasteiger partial charge in [0.25, 0.3) is 0 Å². The van der Waals surface area contributed by atoms with E-state index in [2.05, 4.69) is 62.4 Å². The molecule has 0 aliphatic heterocycles. The Hall–Kier alpha value is -0.213. The molecule has 2 fully saturated rings. The minimum atomic E-state index is 0. The van der Waals surface area contributed by atoms with Crippen molar-refractivity contribution >= 4 is 9.52 Å². The maximum Gasteiger partial charge on any atom is 0.0213 e. The van der Waals surface area contributed by atoms with Crippen molar-refractivity contribution in [3.05, 3.63) is 60.4 Å². The van der Waals surface area contributed by atoms with Crippen LogP contribution in [-0.2, 0) is 25.8 Å². The van der Waals surface area contributed by atoms with Gasteiger partial charge in [-0.3, -0.25) is 0 Å². The van der Waals surface area contributed by atoms with Gasteiger partial charge in [-0.1, -0.05) is 25.9 Å². The summed E-state index contributed by atoms with van der Waals surface area (Å²) in [6, 6.07) is 0. The molecule has 0 aromatic carbocycles. The summed E-state index contributed by atoms with van der Waals surface area (Å²) < 4.78 is 0. The predicted octanol–water partition coefficient (Wildman–Crippen LogP) is 5.49.